The number of amides is 2. The number of carbonyl (C=O) groups excluding carboxylic acids is 2. The van der Waals surface area contributed by atoms with Crippen LogP contribution in [-0.4, -0.2) is 69.1 Å². The smallest absolute Gasteiger partial charge is 0.410 e. The van der Waals surface area contributed by atoms with Gasteiger partial charge in [-0.1, -0.05) is 12.1 Å². The topological polar surface area (TPSA) is 244 Å². The molecule has 18 heteroatoms. The van der Waals surface area contributed by atoms with Crippen molar-refractivity contribution in [1.29, 1.82) is 0 Å². The lowest BCUT2D eigenvalue weighted by atomic mass is 10.1. The van der Waals surface area contributed by atoms with Gasteiger partial charge >= 0.3 is 23.6 Å². The molecule has 0 spiro atoms. The minimum Gasteiger partial charge on any atom is -0.410 e. The van der Waals surface area contributed by atoms with Crippen molar-refractivity contribution >= 4 is 29.5 Å². The molecule has 0 saturated heterocycles. The summed E-state index contributed by atoms with van der Waals surface area (Å²) in [5, 5.41) is 8.85. The number of fused-ring (bicyclic) bond motifs is 2. The minimum atomic E-state index is -0.861. The van der Waals surface area contributed by atoms with Crippen LogP contribution in [0, 0.1) is 4.91 Å². The van der Waals surface area contributed by atoms with Crippen LogP contribution < -0.4 is 42.6 Å². The summed E-state index contributed by atoms with van der Waals surface area (Å²) >= 11 is 0. The monoisotopic (exact) mass is 717 g/mol. The SMILES string of the molecule is CCN(C)C(=O)Oc1ccc2c(c1)C(Nc1[nH]c(=O)[nH]c(=O)c1N=O)CC2.CCN(C)C(=O)Oc1ccc2c(c1)C(Nc1cc(=O)[nH]c(=O)[nH]1)CC2. The zero-order valence-electron chi connectivity index (χ0n) is 29.0. The van der Waals surface area contributed by atoms with E-state index in [1.165, 1.54) is 15.9 Å². The van der Waals surface area contributed by atoms with Crippen molar-refractivity contribution in [2.45, 2.75) is 51.6 Å². The van der Waals surface area contributed by atoms with Gasteiger partial charge < -0.3 is 29.9 Å². The molecule has 2 atom stereocenters. The van der Waals surface area contributed by atoms with Crippen molar-refractivity contribution in [3.05, 3.63) is 111 Å². The molecule has 6 rings (SSSR count). The van der Waals surface area contributed by atoms with E-state index in [4.69, 9.17) is 9.47 Å². The van der Waals surface area contributed by atoms with Crippen LogP contribution in [0.4, 0.5) is 26.9 Å². The number of nitroso groups, excluding NO2 is 1. The number of hydrogen-bond acceptors (Lipinski definition) is 12. The van der Waals surface area contributed by atoms with Gasteiger partial charge in [0.15, 0.2) is 0 Å². The Balaban J connectivity index is 0.000000202. The van der Waals surface area contributed by atoms with Crippen molar-refractivity contribution in [1.82, 2.24) is 29.7 Å². The molecule has 0 aliphatic heterocycles. The molecule has 2 heterocycles. The molecule has 2 unspecified atom stereocenters. The first-order valence-electron chi connectivity index (χ1n) is 16.6. The third-order valence-corrected chi connectivity index (χ3v) is 8.79. The Bertz CT molecular complexity index is 2180. The van der Waals surface area contributed by atoms with Crippen LogP contribution in [-0.2, 0) is 12.8 Å². The van der Waals surface area contributed by atoms with E-state index in [0.29, 0.717) is 36.8 Å². The number of aromatic amines is 4. The van der Waals surface area contributed by atoms with Gasteiger partial charge in [-0.25, -0.2) is 19.2 Å². The van der Waals surface area contributed by atoms with Crippen LogP contribution in [0.2, 0.25) is 0 Å². The largest absolute Gasteiger partial charge is 0.414 e. The first kappa shape index (κ1) is 36.8. The average molecular weight is 718 g/mol. The van der Waals surface area contributed by atoms with Gasteiger partial charge in [0.25, 0.3) is 11.1 Å². The molecule has 2 aliphatic rings. The number of rotatable bonds is 9. The van der Waals surface area contributed by atoms with Crippen molar-refractivity contribution < 1.29 is 19.1 Å². The van der Waals surface area contributed by atoms with E-state index in [2.05, 4.69) is 30.8 Å². The summed E-state index contributed by atoms with van der Waals surface area (Å²) in [6.45, 7) is 4.78. The Kier molecular flexibility index (Phi) is 11.4. The molecule has 6 N–H and O–H groups in total. The normalized spacial score (nSPS) is 15.3. The van der Waals surface area contributed by atoms with E-state index in [9.17, 15) is 33.7 Å². The van der Waals surface area contributed by atoms with Crippen LogP contribution >= 0.6 is 0 Å². The maximum absolute atomic E-state index is 11.9. The average Bonchev–Trinajstić information content (AvgIpc) is 3.70. The zero-order chi connectivity index (χ0) is 37.5. The Hall–Kier alpha value is -6.46. The summed E-state index contributed by atoms with van der Waals surface area (Å²) < 4.78 is 10.7. The second kappa shape index (κ2) is 16.0. The molecule has 0 radical (unpaired) electrons. The van der Waals surface area contributed by atoms with Gasteiger partial charge in [-0.05, 0) is 91.2 Å². The Morgan fingerprint density at radius 3 is 1.77 bits per heavy atom. The summed E-state index contributed by atoms with van der Waals surface area (Å²) in [6, 6.07) is 11.8. The fraction of sp³-hybridized carbons (Fsp3) is 0.353. The van der Waals surface area contributed by atoms with Gasteiger partial charge in [-0.15, -0.1) is 4.91 Å². The van der Waals surface area contributed by atoms with E-state index in [0.717, 1.165) is 41.5 Å². The summed E-state index contributed by atoms with van der Waals surface area (Å²) in [5.41, 5.74) is 1.00. The van der Waals surface area contributed by atoms with Crippen LogP contribution in [0.15, 0.2) is 66.8 Å². The molecule has 0 bridgehead atoms. The van der Waals surface area contributed by atoms with E-state index < -0.39 is 40.4 Å². The highest BCUT2D eigenvalue weighted by Crippen LogP contribution is 2.37. The van der Waals surface area contributed by atoms with Gasteiger partial charge in [0.2, 0.25) is 5.69 Å². The fourth-order valence-electron chi connectivity index (χ4n) is 5.78. The number of ether oxygens (including phenoxy) is 2. The summed E-state index contributed by atoms with van der Waals surface area (Å²) in [5.74, 6) is 1.18. The molecular weight excluding hydrogens is 678 g/mol. The highest BCUT2D eigenvalue weighted by atomic mass is 16.6. The lowest BCUT2D eigenvalue weighted by Gasteiger charge is -2.17. The third kappa shape index (κ3) is 8.63. The Labute approximate surface area is 295 Å². The highest BCUT2D eigenvalue weighted by molar-refractivity contribution is 5.71. The minimum absolute atomic E-state index is 0.0373. The second-order valence-corrected chi connectivity index (χ2v) is 12.2. The predicted molar refractivity (Wildman–Crippen MR) is 192 cm³/mol. The zero-order valence-corrected chi connectivity index (χ0v) is 29.0. The third-order valence-electron chi connectivity index (χ3n) is 8.79. The summed E-state index contributed by atoms with van der Waals surface area (Å²) in [7, 11) is 3.31. The number of carbonyl (C=O) groups is 2. The van der Waals surface area contributed by atoms with Crippen molar-refractivity contribution in [3.63, 3.8) is 0 Å². The number of aryl methyl sites for hydroxylation is 2. The number of anilines is 2. The molecule has 18 nitrogen and oxygen atoms in total. The molecule has 274 valence electrons. The lowest BCUT2D eigenvalue weighted by molar-refractivity contribution is 0.164. The molecule has 0 fully saturated rings. The van der Waals surface area contributed by atoms with E-state index >= 15 is 0 Å². The first-order valence-corrected chi connectivity index (χ1v) is 16.6. The van der Waals surface area contributed by atoms with Crippen LogP contribution in [0.25, 0.3) is 0 Å². The standard InChI is InChI=1S/C17H19N5O5.C17H20N4O4/c1-3-22(2)17(25)27-10-6-4-9-5-7-12(11(9)8-10)18-14-13(21-26)15(23)20-16(24)19-14;1-3-21(2)17(24)25-11-6-4-10-5-7-13(12(10)8-11)18-14-9-15(22)20-16(23)19-14/h4,6,8,12H,3,5,7H2,1-2H3,(H3,18,19,20,23,24);4,6,8-9,13H,3,5,7H2,1-2H3,(H3,18,19,20,22,23). The summed E-state index contributed by atoms with van der Waals surface area (Å²) in [6.07, 6.45) is 2.23. The molecule has 2 aliphatic carbocycles. The van der Waals surface area contributed by atoms with Crippen LogP contribution in [0.1, 0.15) is 61.0 Å². The number of H-pyrrole nitrogens is 4. The molecule has 2 amide bonds. The molecular formula is C34H39N9O9. The number of hydrogen-bond donors (Lipinski definition) is 6. The highest BCUT2D eigenvalue weighted by Gasteiger charge is 2.26. The van der Waals surface area contributed by atoms with Gasteiger partial charge in [-0.2, -0.15) is 0 Å². The fourth-order valence-corrected chi connectivity index (χ4v) is 5.78. The quantitative estimate of drug-likeness (QED) is 0.137. The maximum atomic E-state index is 11.9. The number of aromatic nitrogens is 4. The van der Waals surface area contributed by atoms with Crippen molar-refractivity contribution in [3.8, 4) is 11.5 Å². The molecule has 2 aromatic carbocycles. The predicted octanol–water partition coefficient (Wildman–Crippen LogP) is 3.62. The van der Waals surface area contributed by atoms with Gasteiger partial charge in [0.05, 0.1) is 12.1 Å². The molecule has 2 aromatic heterocycles. The van der Waals surface area contributed by atoms with Crippen LogP contribution in [0.5, 0.6) is 11.5 Å². The Morgan fingerprint density at radius 2 is 1.27 bits per heavy atom. The van der Waals surface area contributed by atoms with E-state index in [1.54, 1.807) is 32.3 Å². The van der Waals surface area contributed by atoms with E-state index in [-0.39, 0.29) is 17.9 Å². The molecule has 4 aromatic rings. The van der Waals surface area contributed by atoms with Crippen LogP contribution in [0.3, 0.4) is 0 Å². The number of nitrogens with zero attached hydrogens (tertiary/aromatic N) is 3. The maximum Gasteiger partial charge on any atom is 0.414 e. The van der Waals surface area contributed by atoms with Crippen molar-refractivity contribution in [2.75, 3.05) is 37.8 Å². The van der Waals surface area contributed by atoms with Gasteiger partial charge in [0.1, 0.15) is 23.1 Å². The van der Waals surface area contributed by atoms with Crippen molar-refractivity contribution in [2.24, 2.45) is 5.18 Å². The Morgan fingerprint density at radius 1 is 0.750 bits per heavy atom. The van der Waals surface area contributed by atoms with E-state index in [1.807, 2.05) is 37.0 Å². The van der Waals surface area contributed by atoms with Gasteiger partial charge in [-0.3, -0.25) is 29.5 Å². The number of benzene rings is 2. The van der Waals surface area contributed by atoms with Gasteiger partial charge in [0, 0.05) is 33.3 Å². The number of nitrogens with one attached hydrogen (secondary N) is 6. The molecule has 0 saturated carbocycles. The lowest BCUT2D eigenvalue weighted by Crippen LogP contribution is -2.29. The first-order chi connectivity index (χ1) is 24.9. The second-order valence-electron chi connectivity index (χ2n) is 12.2. The summed E-state index contributed by atoms with van der Waals surface area (Å²) in [4.78, 5) is 92.8. The molecule has 52 heavy (non-hydrogen) atoms.